The number of carbonyl (C=O) groups excluding carboxylic acids is 2. The summed E-state index contributed by atoms with van der Waals surface area (Å²) in [6.45, 7) is 4.30. The number of hydrogen-bond acceptors (Lipinski definition) is 3. The number of methoxy groups -OCH3 is 1. The molecule has 2 N–H and O–H groups in total. The molecule has 0 bridgehead atoms. The van der Waals surface area contributed by atoms with Gasteiger partial charge in [-0.3, -0.25) is 9.59 Å². The van der Waals surface area contributed by atoms with E-state index in [2.05, 4.69) is 17.6 Å². The first-order valence-corrected chi connectivity index (χ1v) is 8.35. The molecule has 0 saturated carbocycles. The summed E-state index contributed by atoms with van der Waals surface area (Å²) < 4.78 is 5.10. The molecule has 2 rings (SSSR count). The second-order valence-electron chi connectivity index (χ2n) is 5.75. The van der Waals surface area contributed by atoms with Crippen molar-refractivity contribution >= 4 is 17.5 Å². The molecular weight excluding hydrogens is 316 g/mol. The van der Waals surface area contributed by atoms with Crippen molar-refractivity contribution < 1.29 is 14.3 Å². The number of para-hydroxylation sites is 1. The summed E-state index contributed by atoms with van der Waals surface area (Å²) in [5, 5.41) is 5.71. The Morgan fingerprint density at radius 3 is 2.60 bits per heavy atom. The van der Waals surface area contributed by atoms with Crippen molar-refractivity contribution in [3.8, 4) is 5.75 Å². The van der Waals surface area contributed by atoms with Gasteiger partial charge in [-0.05, 0) is 42.7 Å². The Bertz CT molecular complexity index is 756. The Kier molecular flexibility index (Phi) is 6.57. The van der Waals surface area contributed by atoms with E-state index in [1.807, 2.05) is 25.1 Å². The number of hydrogen-bond donors (Lipinski definition) is 2. The Morgan fingerprint density at radius 2 is 1.88 bits per heavy atom. The highest BCUT2D eigenvalue weighted by Gasteiger charge is 2.10. The highest BCUT2D eigenvalue weighted by molar-refractivity contribution is 5.96. The number of ether oxygens (including phenoxy) is 1. The number of amides is 2. The number of anilines is 1. The van der Waals surface area contributed by atoms with Crippen molar-refractivity contribution in [2.24, 2.45) is 0 Å². The van der Waals surface area contributed by atoms with Gasteiger partial charge in [0.15, 0.2) is 0 Å². The molecule has 0 fully saturated rings. The Morgan fingerprint density at radius 1 is 1.12 bits per heavy atom. The first-order chi connectivity index (χ1) is 12.0. The molecule has 2 amide bonds. The summed E-state index contributed by atoms with van der Waals surface area (Å²) in [6, 6.07) is 12.9. The Balaban J connectivity index is 1.87. The number of nitrogens with one attached hydrogen (secondary N) is 2. The molecule has 2 aromatic rings. The van der Waals surface area contributed by atoms with Gasteiger partial charge in [0.05, 0.1) is 7.11 Å². The lowest BCUT2D eigenvalue weighted by Crippen LogP contribution is -2.27. The van der Waals surface area contributed by atoms with Crippen molar-refractivity contribution in [1.82, 2.24) is 5.32 Å². The molecule has 0 aliphatic heterocycles. The van der Waals surface area contributed by atoms with Crippen LogP contribution < -0.4 is 15.4 Å². The normalized spacial score (nSPS) is 10.2. The van der Waals surface area contributed by atoms with E-state index in [0.29, 0.717) is 11.3 Å². The fraction of sp³-hybridized carbons (Fsp3) is 0.300. The van der Waals surface area contributed by atoms with Gasteiger partial charge >= 0.3 is 0 Å². The van der Waals surface area contributed by atoms with Gasteiger partial charge in [0.2, 0.25) is 5.91 Å². The second-order valence-corrected chi connectivity index (χ2v) is 5.75. The fourth-order valence-corrected chi connectivity index (χ4v) is 2.56. The van der Waals surface area contributed by atoms with E-state index in [4.69, 9.17) is 4.74 Å². The molecule has 5 heteroatoms. The largest absolute Gasteiger partial charge is 0.497 e. The van der Waals surface area contributed by atoms with Crippen molar-refractivity contribution in [3.05, 3.63) is 59.2 Å². The Labute approximate surface area is 148 Å². The molecule has 25 heavy (non-hydrogen) atoms. The van der Waals surface area contributed by atoms with Crippen LogP contribution in [0.3, 0.4) is 0 Å². The van der Waals surface area contributed by atoms with E-state index < -0.39 is 0 Å². The van der Waals surface area contributed by atoms with Crippen LogP contribution >= 0.6 is 0 Å². The number of rotatable bonds is 7. The van der Waals surface area contributed by atoms with Crippen LogP contribution in [0, 0.1) is 6.92 Å². The molecule has 0 radical (unpaired) electrons. The molecule has 5 nitrogen and oxygen atoms in total. The SMILES string of the molecule is CCc1cccc(C)c1NC(=O)CCNC(=O)c1cccc(OC)c1. The molecule has 0 unspecified atom stereocenters. The van der Waals surface area contributed by atoms with E-state index in [-0.39, 0.29) is 24.8 Å². The minimum atomic E-state index is -0.225. The minimum absolute atomic E-state index is 0.116. The lowest BCUT2D eigenvalue weighted by Gasteiger charge is -2.13. The summed E-state index contributed by atoms with van der Waals surface area (Å²) in [4.78, 5) is 24.3. The van der Waals surface area contributed by atoms with E-state index in [1.165, 1.54) is 0 Å². The topological polar surface area (TPSA) is 67.4 Å². The zero-order valence-electron chi connectivity index (χ0n) is 14.9. The monoisotopic (exact) mass is 340 g/mol. The minimum Gasteiger partial charge on any atom is -0.497 e. The van der Waals surface area contributed by atoms with E-state index in [9.17, 15) is 9.59 Å². The van der Waals surface area contributed by atoms with Gasteiger partial charge in [0.1, 0.15) is 5.75 Å². The molecule has 132 valence electrons. The van der Waals surface area contributed by atoms with E-state index >= 15 is 0 Å². The summed E-state index contributed by atoms with van der Waals surface area (Å²) >= 11 is 0. The summed E-state index contributed by atoms with van der Waals surface area (Å²) in [6.07, 6.45) is 1.07. The molecule has 0 spiro atoms. The predicted molar refractivity (Wildman–Crippen MR) is 99.1 cm³/mol. The average molecular weight is 340 g/mol. The quantitative estimate of drug-likeness (QED) is 0.812. The van der Waals surface area contributed by atoms with Crippen LogP contribution in [-0.2, 0) is 11.2 Å². The summed E-state index contributed by atoms with van der Waals surface area (Å²) in [5.74, 6) is 0.281. The number of benzene rings is 2. The molecule has 0 aliphatic rings. The molecule has 0 heterocycles. The molecule has 0 aromatic heterocycles. The first kappa shape index (κ1) is 18.5. The number of aryl methyl sites for hydroxylation is 2. The maximum Gasteiger partial charge on any atom is 0.251 e. The predicted octanol–water partition coefficient (Wildman–Crippen LogP) is 3.32. The van der Waals surface area contributed by atoms with Crippen molar-refractivity contribution in [3.63, 3.8) is 0 Å². The molecule has 2 aromatic carbocycles. The smallest absolute Gasteiger partial charge is 0.251 e. The van der Waals surface area contributed by atoms with Gasteiger partial charge in [0.25, 0.3) is 5.91 Å². The lowest BCUT2D eigenvalue weighted by molar-refractivity contribution is -0.116. The third-order valence-corrected chi connectivity index (χ3v) is 3.97. The average Bonchev–Trinajstić information content (AvgIpc) is 2.63. The zero-order valence-corrected chi connectivity index (χ0v) is 14.9. The van der Waals surface area contributed by atoms with Gasteiger partial charge in [-0.1, -0.05) is 31.2 Å². The molecule has 0 atom stereocenters. The van der Waals surface area contributed by atoms with Gasteiger partial charge < -0.3 is 15.4 Å². The van der Waals surface area contributed by atoms with Gasteiger partial charge in [0, 0.05) is 24.2 Å². The molecule has 0 saturated heterocycles. The Hall–Kier alpha value is -2.82. The van der Waals surface area contributed by atoms with Crippen molar-refractivity contribution in [2.45, 2.75) is 26.7 Å². The van der Waals surface area contributed by atoms with Crippen LogP contribution in [0.4, 0.5) is 5.69 Å². The summed E-state index contributed by atoms with van der Waals surface area (Å²) in [5.41, 5.74) is 3.52. The maximum absolute atomic E-state index is 12.2. The summed E-state index contributed by atoms with van der Waals surface area (Å²) in [7, 11) is 1.55. The molecular formula is C20H24N2O3. The third kappa shape index (κ3) is 5.08. The van der Waals surface area contributed by atoms with Crippen LogP contribution in [0.25, 0.3) is 0 Å². The van der Waals surface area contributed by atoms with Gasteiger partial charge in [-0.2, -0.15) is 0 Å². The van der Waals surface area contributed by atoms with Crippen molar-refractivity contribution in [1.29, 1.82) is 0 Å². The van der Waals surface area contributed by atoms with Crippen molar-refractivity contribution in [2.75, 3.05) is 19.0 Å². The van der Waals surface area contributed by atoms with Crippen LogP contribution in [0.15, 0.2) is 42.5 Å². The maximum atomic E-state index is 12.2. The molecule has 0 aliphatic carbocycles. The first-order valence-electron chi connectivity index (χ1n) is 8.35. The highest BCUT2D eigenvalue weighted by atomic mass is 16.5. The fourth-order valence-electron chi connectivity index (χ4n) is 2.56. The zero-order chi connectivity index (χ0) is 18.2. The van der Waals surface area contributed by atoms with Crippen LogP contribution in [0.2, 0.25) is 0 Å². The third-order valence-electron chi connectivity index (χ3n) is 3.97. The van der Waals surface area contributed by atoms with E-state index in [0.717, 1.165) is 23.2 Å². The van der Waals surface area contributed by atoms with Crippen LogP contribution in [-0.4, -0.2) is 25.5 Å². The second kappa shape index (κ2) is 8.87. The van der Waals surface area contributed by atoms with E-state index in [1.54, 1.807) is 31.4 Å². The standard InChI is InChI=1S/C20H24N2O3/c1-4-15-8-5-7-14(2)19(15)22-18(23)11-12-21-20(24)16-9-6-10-17(13-16)25-3/h5-10,13H,4,11-12H2,1-3H3,(H,21,24)(H,22,23). The number of carbonyl (C=O) groups is 2. The van der Waals surface area contributed by atoms with Gasteiger partial charge in [-0.25, -0.2) is 0 Å². The van der Waals surface area contributed by atoms with Gasteiger partial charge in [-0.15, -0.1) is 0 Å². The van der Waals surface area contributed by atoms with Crippen LogP contribution in [0.5, 0.6) is 5.75 Å². The van der Waals surface area contributed by atoms with Crippen LogP contribution in [0.1, 0.15) is 34.8 Å². The highest BCUT2D eigenvalue weighted by Crippen LogP contribution is 2.21. The lowest BCUT2D eigenvalue weighted by atomic mass is 10.1.